The number of hydrazone groups is 1. The predicted molar refractivity (Wildman–Crippen MR) is 84.3 cm³/mol. The van der Waals surface area contributed by atoms with Gasteiger partial charge in [0.1, 0.15) is 11.6 Å². The van der Waals surface area contributed by atoms with E-state index in [0.717, 1.165) is 23.2 Å². The minimum atomic E-state index is -0.742. The highest BCUT2D eigenvalue weighted by atomic mass is 35.5. The number of benzene rings is 2. The van der Waals surface area contributed by atoms with Crippen LogP contribution in [0.2, 0.25) is 5.02 Å². The Labute approximate surface area is 135 Å². The molecule has 7 heteroatoms. The van der Waals surface area contributed by atoms with E-state index in [0.29, 0.717) is 5.02 Å². The standard InChI is InChI=1S/C15H11ClF2N2OS/c16-11-2-5-13(6-3-11)22-9-15(21)20-19-8-10-1-4-12(17)7-14(10)18/h1-8H,9H2,(H,20,21)/b19-8-. The highest BCUT2D eigenvalue weighted by Gasteiger charge is 2.03. The van der Waals surface area contributed by atoms with Gasteiger partial charge in [-0.3, -0.25) is 4.79 Å². The van der Waals surface area contributed by atoms with Crippen LogP contribution in [0.25, 0.3) is 0 Å². The van der Waals surface area contributed by atoms with Crippen LogP contribution >= 0.6 is 23.4 Å². The third-order valence-corrected chi connectivity index (χ3v) is 3.80. The van der Waals surface area contributed by atoms with Crippen molar-refractivity contribution < 1.29 is 13.6 Å². The van der Waals surface area contributed by atoms with Crippen molar-refractivity contribution in [2.24, 2.45) is 5.10 Å². The summed E-state index contributed by atoms with van der Waals surface area (Å²) in [6, 6.07) is 10.2. The van der Waals surface area contributed by atoms with Crippen molar-refractivity contribution in [3.8, 4) is 0 Å². The fraction of sp³-hybridized carbons (Fsp3) is 0.0667. The van der Waals surface area contributed by atoms with Gasteiger partial charge in [0.25, 0.3) is 0 Å². The van der Waals surface area contributed by atoms with Gasteiger partial charge in [-0.25, -0.2) is 14.2 Å². The average molecular weight is 341 g/mol. The van der Waals surface area contributed by atoms with E-state index < -0.39 is 11.6 Å². The lowest BCUT2D eigenvalue weighted by Gasteiger charge is -2.01. The van der Waals surface area contributed by atoms with E-state index >= 15 is 0 Å². The van der Waals surface area contributed by atoms with Gasteiger partial charge >= 0.3 is 0 Å². The summed E-state index contributed by atoms with van der Waals surface area (Å²) < 4.78 is 26.0. The van der Waals surface area contributed by atoms with E-state index in [9.17, 15) is 13.6 Å². The third kappa shape index (κ3) is 5.13. The number of nitrogens with one attached hydrogen (secondary N) is 1. The Hall–Kier alpha value is -1.92. The molecule has 0 aliphatic rings. The number of thioether (sulfide) groups is 1. The maximum atomic E-state index is 13.3. The van der Waals surface area contributed by atoms with E-state index in [4.69, 9.17) is 11.6 Å². The molecule has 2 aromatic carbocycles. The Kier molecular flexibility index (Phi) is 5.91. The molecule has 3 nitrogen and oxygen atoms in total. The topological polar surface area (TPSA) is 41.5 Å². The SMILES string of the molecule is O=C(CSc1ccc(Cl)cc1)N/N=C\c1ccc(F)cc1F. The predicted octanol–water partition coefficient (Wildman–Crippen LogP) is 3.86. The molecule has 0 bridgehead atoms. The molecule has 22 heavy (non-hydrogen) atoms. The summed E-state index contributed by atoms with van der Waals surface area (Å²) in [6.45, 7) is 0. The number of carbonyl (C=O) groups excluding carboxylic acids is 1. The van der Waals surface area contributed by atoms with Crippen molar-refractivity contribution >= 4 is 35.5 Å². The molecule has 0 saturated carbocycles. The van der Waals surface area contributed by atoms with Crippen LogP contribution in [-0.2, 0) is 4.79 Å². The molecule has 1 N–H and O–H groups in total. The van der Waals surface area contributed by atoms with Crippen molar-refractivity contribution in [2.75, 3.05) is 5.75 Å². The molecule has 0 atom stereocenters. The maximum absolute atomic E-state index is 13.3. The van der Waals surface area contributed by atoms with Crippen LogP contribution < -0.4 is 5.43 Å². The van der Waals surface area contributed by atoms with Crippen molar-refractivity contribution in [1.29, 1.82) is 0 Å². The molecular formula is C15H11ClF2N2OS. The van der Waals surface area contributed by atoms with E-state index in [1.54, 1.807) is 24.3 Å². The first-order valence-corrected chi connectivity index (χ1v) is 7.56. The van der Waals surface area contributed by atoms with Crippen molar-refractivity contribution in [2.45, 2.75) is 4.90 Å². The lowest BCUT2D eigenvalue weighted by Crippen LogP contribution is -2.19. The van der Waals surface area contributed by atoms with Crippen LogP contribution in [0, 0.1) is 11.6 Å². The van der Waals surface area contributed by atoms with Crippen molar-refractivity contribution in [1.82, 2.24) is 5.43 Å². The first-order chi connectivity index (χ1) is 10.5. The molecule has 1 amide bonds. The quantitative estimate of drug-likeness (QED) is 0.510. The van der Waals surface area contributed by atoms with Gasteiger partial charge in [0.2, 0.25) is 5.91 Å². The second-order valence-electron chi connectivity index (χ2n) is 4.20. The van der Waals surface area contributed by atoms with Gasteiger partial charge in [0.05, 0.1) is 12.0 Å². The largest absolute Gasteiger partial charge is 0.272 e. The average Bonchev–Trinajstić information content (AvgIpc) is 2.49. The molecule has 0 heterocycles. The third-order valence-electron chi connectivity index (χ3n) is 2.54. The van der Waals surface area contributed by atoms with Gasteiger partial charge in [-0.1, -0.05) is 11.6 Å². The summed E-state index contributed by atoms with van der Waals surface area (Å²) in [5, 5.41) is 4.26. The zero-order valence-electron chi connectivity index (χ0n) is 11.2. The van der Waals surface area contributed by atoms with Crippen LogP contribution in [0.4, 0.5) is 8.78 Å². The Bertz CT molecular complexity index is 692. The zero-order valence-corrected chi connectivity index (χ0v) is 12.8. The Morgan fingerprint density at radius 3 is 2.64 bits per heavy atom. The number of hydrogen-bond acceptors (Lipinski definition) is 3. The van der Waals surface area contributed by atoms with Crippen molar-refractivity contribution in [3.05, 3.63) is 64.7 Å². The highest BCUT2D eigenvalue weighted by molar-refractivity contribution is 8.00. The second kappa shape index (κ2) is 7.91. The Morgan fingerprint density at radius 1 is 1.23 bits per heavy atom. The molecule has 2 aromatic rings. The number of halogens is 3. The summed E-state index contributed by atoms with van der Waals surface area (Å²) in [5.74, 6) is -1.59. The molecule has 0 spiro atoms. The summed E-state index contributed by atoms with van der Waals surface area (Å²) in [7, 11) is 0. The molecule has 0 unspecified atom stereocenters. The lowest BCUT2D eigenvalue weighted by molar-refractivity contribution is -0.118. The fourth-order valence-corrected chi connectivity index (χ4v) is 2.31. The smallest absolute Gasteiger partial charge is 0.250 e. The van der Waals surface area contributed by atoms with Crippen molar-refractivity contribution in [3.63, 3.8) is 0 Å². The molecule has 0 aliphatic carbocycles. The number of amides is 1. The van der Waals surface area contributed by atoms with Gasteiger partial charge in [0.15, 0.2) is 0 Å². The molecule has 114 valence electrons. The van der Waals surface area contributed by atoms with Crippen LogP contribution in [-0.4, -0.2) is 17.9 Å². The van der Waals surface area contributed by atoms with Crippen LogP contribution in [0.5, 0.6) is 0 Å². The fourth-order valence-electron chi connectivity index (χ4n) is 1.49. The molecule has 0 fully saturated rings. The lowest BCUT2D eigenvalue weighted by atomic mass is 10.2. The van der Waals surface area contributed by atoms with Crippen LogP contribution in [0.15, 0.2) is 52.5 Å². The van der Waals surface area contributed by atoms with Crippen LogP contribution in [0.1, 0.15) is 5.56 Å². The summed E-state index contributed by atoms with van der Waals surface area (Å²) in [6.07, 6.45) is 1.12. The van der Waals surface area contributed by atoms with Gasteiger partial charge in [0, 0.05) is 21.5 Å². The molecule has 0 aromatic heterocycles. The van der Waals surface area contributed by atoms with Gasteiger partial charge in [-0.05, 0) is 36.4 Å². The Morgan fingerprint density at radius 2 is 1.95 bits per heavy atom. The molecule has 2 rings (SSSR count). The summed E-state index contributed by atoms with van der Waals surface area (Å²) in [5.41, 5.74) is 2.37. The van der Waals surface area contributed by atoms with E-state index in [-0.39, 0.29) is 17.2 Å². The van der Waals surface area contributed by atoms with Crippen LogP contribution in [0.3, 0.4) is 0 Å². The van der Waals surface area contributed by atoms with E-state index in [1.165, 1.54) is 17.8 Å². The number of carbonyl (C=O) groups is 1. The van der Waals surface area contributed by atoms with E-state index in [1.807, 2.05) is 0 Å². The van der Waals surface area contributed by atoms with E-state index in [2.05, 4.69) is 10.5 Å². The number of nitrogens with zero attached hydrogens (tertiary/aromatic N) is 1. The molecular weight excluding hydrogens is 330 g/mol. The summed E-state index contributed by atoms with van der Waals surface area (Å²) >= 11 is 7.08. The monoisotopic (exact) mass is 340 g/mol. The molecule has 0 radical (unpaired) electrons. The normalized spacial score (nSPS) is 10.9. The minimum absolute atomic E-state index is 0.0899. The minimum Gasteiger partial charge on any atom is -0.272 e. The summed E-state index contributed by atoms with van der Waals surface area (Å²) in [4.78, 5) is 12.5. The zero-order chi connectivity index (χ0) is 15.9. The highest BCUT2D eigenvalue weighted by Crippen LogP contribution is 2.19. The van der Waals surface area contributed by atoms with Gasteiger partial charge < -0.3 is 0 Å². The first kappa shape index (κ1) is 16.5. The molecule has 0 saturated heterocycles. The second-order valence-corrected chi connectivity index (χ2v) is 5.69. The number of rotatable bonds is 5. The Balaban J connectivity index is 1.82. The molecule has 0 aliphatic heterocycles. The maximum Gasteiger partial charge on any atom is 0.250 e. The van der Waals surface area contributed by atoms with Gasteiger partial charge in [-0.15, -0.1) is 11.8 Å². The van der Waals surface area contributed by atoms with Gasteiger partial charge in [-0.2, -0.15) is 5.10 Å². The number of hydrogen-bond donors (Lipinski definition) is 1. The first-order valence-electron chi connectivity index (χ1n) is 6.20.